The van der Waals surface area contributed by atoms with Gasteiger partial charge in [0, 0.05) is 29.9 Å². The Hall–Kier alpha value is -2.61. The van der Waals surface area contributed by atoms with Crippen molar-refractivity contribution in [3.05, 3.63) is 58.4 Å². The monoisotopic (exact) mass is 399 g/mol. The standard InChI is InChI=1S/C18H17ClF3N3O2/c1-3-25(4-2)17(27)11-7-8-23-15(9-11)16(26)24-14-6-5-12(19)10-13(14)18(20,21)22/h5-10H,3-4H2,1-2H3,(H,24,26). The average molecular weight is 400 g/mol. The van der Waals surface area contributed by atoms with Crippen LogP contribution in [0.4, 0.5) is 18.9 Å². The summed E-state index contributed by atoms with van der Waals surface area (Å²) in [5.41, 5.74) is -1.46. The van der Waals surface area contributed by atoms with E-state index < -0.39 is 23.3 Å². The minimum Gasteiger partial charge on any atom is -0.339 e. The van der Waals surface area contributed by atoms with Crippen LogP contribution in [0.3, 0.4) is 0 Å². The van der Waals surface area contributed by atoms with E-state index in [1.165, 1.54) is 24.4 Å². The predicted octanol–water partition coefficient (Wildman–Crippen LogP) is 4.49. The van der Waals surface area contributed by atoms with Crippen molar-refractivity contribution >= 4 is 29.1 Å². The number of halogens is 4. The molecule has 2 aromatic rings. The number of amides is 2. The molecule has 0 aliphatic rings. The van der Waals surface area contributed by atoms with Gasteiger partial charge in [0.2, 0.25) is 0 Å². The van der Waals surface area contributed by atoms with Crippen LogP contribution in [0, 0.1) is 0 Å². The van der Waals surface area contributed by atoms with E-state index in [2.05, 4.69) is 10.3 Å². The zero-order valence-corrected chi connectivity index (χ0v) is 15.4. The van der Waals surface area contributed by atoms with Crippen LogP contribution in [0.2, 0.25) is 5.02 Å². The summed E-state index contributed by atoms with van der Waals surface area (Å²) in [6, 6.07) is 5.72. The molecule has 1 N–H and O–H groups in total. The second-order valence-corrected chi connectivity index (χ2v) is 5.99. The molecule has 0 fully saturated rings. The van der Waals surface area contributed by atoms with Gasteiger partial charge in [-0.2, -0.15) is 13.2 Å². The molecule has 1 aromatic heterocycles. The van der Waals surface area contributed by atoms with E-state index in [1.54, 1.807) is 4.90 Å². The van der Waals surface area contributed by atoms with Gasteiger partial charge in [-0.25, -0.2) is 0 Å². The molecule has 0 aliphatic heterocycles. The fourth-order valence-electron chi connectivity index (χ4n) is 2.43. The van der Waals surface area contributed by atoms with Gasteiger partial charge in [-0.15, -0.1) is 0 Å². The quantitative estimate of drug-likeness (QED) is 0.805. The topological polar surface area (TPSA) is 62.3 Å². The van der Waals surface area contributed by atoms with Gasteiger partial charge in [-0.3, -0.25) is 14.6 Å². The number of hydrogen-bond donors (Lipinski definition) is 1. The zero-order valence-electron chi connectivity index (χ0n) is 14.6. The molecule has 5 nitrogen and oxygen atoms in total. The highest BCUT2D eigenvalue weighted by atomic mass is 35.5. The first-order valence-electron chi connectivity index (χ1n) is 8.10. The third-order valence-electron chi connectivity index (χ3n) is 3.83. The van der Waals surface area contributed by atoms with Gasteiger partial charge in [-0.1, -0.05) is 11.6 Å². The molecule has 9 heteroatoms. The minimum atomic E-state index is -4.69. The average Bonchev–Trinajstić information content (AvgIpc) is 2.63. The molecular formula is C18H17ClF3N3O2. The molecule has 1 aromatic carbocycles. The first-order chi connectivity index (χ1) is 12.7. The van der Waals surface area contributed by atoms with Gasteiger partial charge < -0.3 is 10.2 Å². The Morgan fingerprint density at radius 2 is 1.81 bits per heavy atom. The predicted molar refractivity (Wildman–Crippen MR) is 95.9 cm³/mol. The van der Waals surface area contributed by atoms with Gasteiger partial charge in [-0.05, 0) is 44.2 Å². The van der Waals surface area contributed by atoms with Crippen molar-refractivity contribution in [3.63, 3.8) is 0 Å². The third-order valence-corrected chi connectivity index (χ3v) is 4.06. The number of rotatable bonds is 5. The first kappa shape index (κ1) is 20.7. The van der Waals surface area contributed by atoms with Crippen LogP contribution in [0.1, 0.15) is 40.3 Å². The van der Waals surface area contributed by atoms with Crippen molar-refractivity contribution in [1.29, 1.82) is 0 Å². The molecule has 2 rings (SSSR count). The Morgan fingerprint density at radius 3 is 2.41 bits per heavy atom. The SMILES string of the molecule is CCN(CC)C(=O)c1ccnc(C(=O)Nc2ccc(Cl)cc2C(F)(F)F)c1. The zero-order chi connectivity index (χ0) is 20.2. The van der Waals surface area contributed by atoms with E-state index in [1.807, 2.05) is 13.8 Å². The molecule has 2 amide bonds. The fraction of sp³-hybridized carbons (Fsp3) is 0.278. The lowest BCUT2D eigenvalue weighted by molar-refractivity contribution is -0.136. The molecular weight excluding hydrogens is 383 g/mol. The van der Waals surface area contributed by atoms with Crippen molar-refractivity contribution in [2.24, 2.45) is 0 Å². The van der Waals surface area contributed by atoms with E-state index in [9.17, 15) is 22.8 Å². The molecule has 0 spiro atoms. The van der Waals surface area contributed by atoms with Crippen LogP contribution in [0.15, 0.2) is 36.5 Å². The molecule has 0 atom stereocenters. The summed E-state index contributed by atoms with van der Waals surface area (Å²) in [5.74, 6) is -1.16. The normalized spacial score (nSPS) is 11.2. The van der Waals surface area contributed by atoms with Crippen LogP contribution < -0.4 is 5.32 Å². The molecule has 0 radical (unpaired) electrons. The van der Waals surface area contributed by atoms with Crippen molar-refractivity contribution < 1.29 is 22.8 Å². The summed E-state index contributed by atoms with van der Waals surface area (Å²) in [6.07, 6.45) is -3.43. The van der Waals surface area contributed by atoms with Crippen molar-refractivity contribution in [3.8, 4) is 0 Å². The molecule has 0 saturated heterocycles. The minimum absolute atomic E-state index is 0.106. The smallest absolute Gasteiger partial charge is 0.339 e. The molecule has 0 bridgehead atoms. The van der Waals surface area contributed by atoms with E-state index in [0.29, 0.717) is 13.1 Å². The summed E-state index contributed by atoms with van der Waals surface area (Å²) < 4.78 is 39.4. The Bertz CT molecular complexity index is 852. The second kappa shape index (κ2) is 8.39. The van der Waals surface area contributed by atoms with Crippen molar-refractivity contribution in [2.75, 3.05) is 18.4 Å². The van der Waals surface area contributed by atoms with Gasteiger partial charge >= 0.3 is 6.18 Å². The van der Waals surface area contributed by atoms with Gasteiger partial charge in [0.15, 0.2) is 0 Å². The maximum absolute atomic E-state index is 13.1. The lowest BCUT2D eigenvalue weighted by Gasteiger charge is -2.18. The molecule has 1 heterocycles. The van der Waals surface area contributed by atoms with E-state index >= 15 is 0 Å². The number of benzene rings is 1. The van der Waals surface area contributed by atoms with Crippen LogP contribution in [0.5, 0.6) is 0 Å². The van der Waals surface area contributed by atoms with Gasteiger partial charge in [0.05, 0.1) is 11.3 Å². The Labute approximate surface area is 159 Å². The third kappa shape index (κ3) is 4.97. The summed E-state index contributed by atoms with van der Waals surface area (Å²) >= 11 is 5.62. The number of anilines is 1. The lowest BCUT2D eigenvalue weighted by atomic mass is 10.1. The summed E-state index contributed by atoms with van der Waals surface area (Å²) in [5, 5.41) is 2.07. The largest absolute Gasteiger partial charge is 0.418 e. The van der Waals surface area contributed by atoms with Crippen LogP contribution in [0.25, 0.3) is 0 Å². The molecule has 0 saturated carbocycles. The summed E-state index contributed by atoms with van der Waals surface area (Å²) in [4.78, 5) is 30.1. The highest BCUT2D eigenvalue weighted by Crippen LogP contribution is 2.36. The number of carbonyl (C=O) groups excluding carboxylic acids is 2. The van der Waals surface area contributed by atoms with Crippen LogP contribution in [-0.2, 0) is 6.18 Å². The maximum atomic E-state index is 13.1. The molecule has 0 unspecified atom stereocenters. The fourth-order valence-corrected chi connectivity index (χ4v) is 2.60. The number of pyridine rings is 1. The number of hydrogen-bond acceptors (Lipinski definition) is 3. The number of nitrogens with zero attached hydrogens (tertiary/aromatic N) is 2. The summed E-state index contributed by atoms with van der Waals surface area (Å²) in [6.45, 7) is 4.60. The highest BCUT2D eigenvalue weighted by Gasteiger charge is 2.34. The number of aromatic nitrogens is 1. The Balaban J connectivity index is 2.30. The molecule has 144 valence electrons. The van der Waals surface area contributed by atoms with E-state index in [-0.39, 0.29) is 22.2 Å². The van der Waals surface area contributed by atoms with Crippen molar-refractivity contribution in [2.45, 2.75) is 20.0 Å². The molecule has 27 heavy (non-hydrogen) atoms. The Kier molecular flexibility index (Phi) is 6.43. The van der Waals surface area contributed by atoms with Crippen LogP contribution >= 0.6 is 11.6 Å². The molecule has 0 aliphatic carbocycles. The maximum Gasteiger partial charge on any atom is 0.418 e. The number of carbonyl (C=O) groups is 2. The van der Waals surface area contributed by atoms with Crippen molar-refractivity contribution in [1.82, 2.24) is 9.88 Å². The first-order valence-corrected chi connectivity index (χ1v) is 8.48. The highest BCUT2D eigenvalue weighted by molar-refractivity contribution is 6.30. The second-order valence-electron chi connectivity index (χ2n) is 5.55. The van der Waals surface area contributed by atoms with Gasteiger partial charge in [0.1, 0.15) is 5.69 Å². The Morgan fingerprint density at radius 1 is 1.15 bits per heavy atom. The number of alkyl halides is 3. The van der Waals surface area contributed by atoms with Crippen LogP contribution in [-0.4, -0.2) is 34.8 Å². The lowest BCUT2D eigenvalue weighted by Crippen LogP contribution is -2.30. The van der Waals surface area contributed by atoms with E-state index in [4.69, 9.17) is 11.6 Å². The van der Waals surface area contributed by atoms with Gasteiger partial charge in [0.25, 0.3) is 11.8 Å². The van der Waals surface area contributed by atoms with E-state index in [0.717, 1.165) is 12.1 Å². The number of nitrogens with one attached hydrogen (secondary N) is 1. The summed E-state index contributed by atoms with van der Waals surface area (Å²) in [7, 11) is 0.